The number of benzene rings is 1. The van der Waals surface area contributed by atoms with Crippen molar-refractivity contribution in [3.8, 4) is 11.5 Å². The van der Waals surface area contributed by atoms with Crippen LogP contribution in [0.15, 0.2) is 18.2 Å². The molecule has 6 nitrogen and oxygen atoms in total. The summed E-state index contributed by atoms with van der Waals surface area (Å²) in [5, 5.41) is 21.3. The van der Waals surface area contributed by atoms with Gasteiger partial charge in [-0.15, -0.1) is 0 Å². The summed E-state index contributed by atoms with van der Waals surface area (Å²) in [4.78, 5) is 11.7. The number of hydrogen-bond acceptors (Lipinski definition) is 5. The summed E-state index contributed by atoms with van der Waals surface area (Å²) in [6.07, 6.45) is 0.299. The molecular formula is C12H16N2O4. The van der Waals surface area contributed by atoms with Gasteiger partial charge in [0.2, 0.25) is 5.91 Å². The van der Waals surface area contributed by atoms with Crippen molar-refractivity contribution in [1.29, 1.82) is 0 Å². The first-order valence-electron chi connectivity index (χ1n) is 5.71. The van der Waals surface area contributed by atoms with Crippen LogP contribution in [-0.4, -0.2) is 41.4 Å². The van der Waals surface area contributed by atoms with E-state index in [0.717, 1.165) is 0 Å². The van der Waals surface area contributed by atoms with Crippen LogP contribution in [0.2, 0.25) is 0 Å². The molecule has 0 radical (unpaired) electrons. The van der Waals surface area contributed by atoms with E-state index < -0.39 is 6.04 Å². The van der Waals surface area contributed by atoms with Gasteiger partial charge in [-0.25, -0.2) is 0 Å². The van der Waals surface area contributed by atoms with E-state index in [1.54, 1.807) is 6.07 Å². The third-order valence-electron chi connectivity index (χ3n) is 2.82. The number of carbonyl (C=O) groups is 1. The molecule has 18 heavy (non-hydrogen) atoms. The van der Waals surface area contributed by atoms with Gasteiger partial charge in [-0.1, -0.05) is 6.07 Å². The second kappa shape index (κ2) is 5.24. The van der Waals surface area contributed by atoms with Gasteiger partial charge in [0, 0.05) is 0 Å². The minimum atomic E-state index is -0.686. The molecule has 1 saturated heterocycles. The van der Waals surface area contributed by atoms with Gasteiger partial charge in [0.05, 0.1) is 25.3 Å². The van der Waals surface area contributed by atoms with Gasteiger partial charge >= 0.3 is 0 Å². The highest BCUT2D eigenvalue weighted by Crippen LogP contribution is 2.25. The smallest absolute Gasteiger partial charge is 0.237 e. The van der Waals surface area contributed by atoms with Crippen LogP contribution in [0.5, 0.6) is 11.5 Å². The van der Waals surface area contributed by atoms with Gasteiger partial charge in [0.1, 0.15) is 0 Å². The van der Waals surface area contributed by atoms with E-state index in [1.807, 2.05) is 0 Å². The van der Waals surface area contributed by atoms with Gasteiger partial charge in [0.15, 0.2) is 11.5 Å². The lowest BCUT2D eigenvalue weighted by Gasteiger charge is -2.28. The van der Waals surface area contributed by atoms with E-state index >= 15 is 0 Å². The second-order valence-electron chi connectivity index (χ2n) is 4.38. The minimum Gasteiger partial charge on any atom is -0.504 e. The molecule has 1 aromatic rings. The molecule has 6 heteroatoms. The van der Waals surface area contributed by atoms with E-state index in [-0.39, 0.29) is 23.4 Å². The zero-order valence-electron chi connectivity index (χ0n) is 9.80. The van der Waals surface area contributed by atoms with Crippen LogP contribution in [0.1, 0.15) is 5.56 Å². The Balaban J connectivity index is 1.90. The van der Waals surface area contributed by atoms with Crippen LogP contribution in [0, 0.1) is 0 Å². The Bertz CT molecular complexity index is 446. The third kappa shape index (κ3) is 2.91. The topological polar surface area (TPSA) is 105 Å². The molecule has 0 saturated carbocycles. The Morgan fingerprint density at radius 2 is 2.17 bits per heavy atom. The van der Waals surface area contributed by atoms with E-state index in [4.69, 9.17) is 10.5 Å². The van der Waals surface area contributed by atoms with Gasteiger partial charge in [0.25, 0.3) is 0 Å². The Morgan fingerprint density at radius 1 is 1.44 bits per heavy atom. The summed E-state index contributed by atoms with van der Waals surface area (Å²) >= 11 is 0. The number of rotatable bonds is 4. The SMILES string of the molecule is N[C@@H](Cc1ccc(O)c(O)c1)C(=O)NC1COC1. The predicted molar refractivity (Wildman–Crippen MR) is 64.2 cm³/mol. The van der Waals surface area contributed by atoms with Crippen LogP contribution in [0.3, 0.4) is 0 Å². The molecule has 1 aliphatic rings. The van der Waals surface area contributed by atoms with Gasteiger partial charge < -0.3 is 26.0 Å². The summed E-state index contributed by atoms with van der Waals surface area (Å²) in [6.45, 7) is 1.05. The molecule has 5 N–H and O–H groups in total. The Morgan fingerprint density at radius 3 is 2.72 bits per heavy atom. The van der Waals surface area contributed by atoms with E-state index in [9.17, 15) is 15.0 Å². The lowest BCUT2D eigenvalue weighted by Crippen LogP contribution is -2.53. The largest absolute Gasteiger partial charge is 0.504 e. The molecular weight excluding hydrogens is 236 g/mol. The van der Waals surface area contributed by atoms with Crippen molar-refractivity contribution >= 4 is 5.91 Å². The molecule has 1 amide bonds. The zero-order valence-corrected chi connectivity index (χ0v) is 9.80. The first-order chi connectivity index (χ1) is 8.56. The normalized spacial score (nSPS) is 16.9. The van der Waals surface area contributed by atoms with Crippen LogP contribution in [-0.2, 0) is 16.0 Å². The van der Waals surface area contributed by atoms with E-state index in [0.29, 0.717) is 25.2 Å². The molecule has 0 bridgehead atoms. The predicted octanol–water partition coefficient (Wildman–Crippen LogP) is -0.517. The van der Waals surface area contributed by atoms with E-state index in [1.165, 1.54) is 12.1 Å². The van der Waals surface area contributed by atoms with Crippen molar-refractivity contribution in [3.63, 3.8) is 0 Å². The number of nitrogens with one attached hydrogen (secondary N) is 1. The lowest BCUT2D eigenvalue weighted by molar-refractivity contribution is -0.126. The van der Waals surface area contributed by atoms with Gasteiger partial charge in [-0.05, 0) is 24.1 Å². The molecule has 1 aliphatic heterocycles. The van der Waals surface area contributed by atoms with Crippen molar-refractivity contribution in [3.05, 3.63) is 23.8 Å². The summed E-state index contributed by atoms with van der Waals surface area (Å²) in [7, 11) is 0. The number of phenolic OH excluding ortho intramolecular Hbond substituents is 2. The molecule has 1 heterocycles. The van der Waals surface area contributed by atoms with Crippen molar-refractivity contribution in [2.24, 2.45) is 5.73 Å². The van der Waals surface area contributed by atoms with Crippen LogP contribution in [0.4, 0.5) is 0 Å². The number of carbonyl (C=O) groups excluding carboxylic acids is 1. The highest BCUT2D eigenvalue weighted by molar-refractivity contribution is 5.82. The monoisotopic (exact) mass is 252 g/mol. The Labute approximate surface area is 104 Å². The number of nitrogens with two attached hydrogens (primary N) is 1. The molecule has 1 atom stereocenters. The maximum absolute atomic E-state index is 11.7. The number of hydrogen-bond donors (Lipinski definition) is 4. The summed E-state index contributed by atoms with van der Waals surface area (Å²) < 4.78 is 4.95. The maximum atomic E-state index is 11.7. The first-order valence-corrected chi connectivity index (χ1v) is 5.71. The molecule has 1 fully saturated rings. The molecule has 0 spiro atoms. The number of ether oxygens (including phenoxy) is 1. The molecule has 1 aromatic carbocycles. The van der Waals surface area contributed by atoms with Gasteiger partial charge in [-0.3, -0.25) is 4.79 Å². The summed E-state index contributed by atoms with van der Waals surface area (Å²) in [5.41, 5.74) is 6.46. The summed E-state index contributed by atoms with van der Waals surface area (Å²) in [5.74, 6) is -0.647. The highest BCUT2D eigenvalue weighted by atomic mass is 16.5. The van der Waals surface area contributed by atoms with Crippen molar-refractivity contribution in [1.82, 2.24) is 5.32 Å². The number of phenols is 2. The zero-order chi connectivity index (χ0) is 13.1. The highest BCUT2D eigenvalue weighted by Gasteiger charge is 2.23. The average Bonchev–Trinajstić information content (AvgIpc) is 2.28. The molecule has 2 rings (SSSR count). The molecule has 98 valence electrons. The fourth-order valence-corrected chi connectivity index (χ4v) is 1.67. The fourth-order valence-electron chi connectivity index (χ4n) is 1.67. The van der Waals surface area contributed by atoms with Crippen LogP contribution < -0.4 is 11.1 Å². The summed E-state index contributed by atoms with van der Waals surface area (Å²) in [6, 6.07) is 3.75. The molecule has 0 aliphatic carbocycles. The third-order valence-corrected chi connectivity index (χ3v) is 2.82. The van der Waals surface area contributed by atoms with Crippen molar-refractivity contribution in [2.75, 3.05) is 13.2 Å². The van der Waals surface area contributed by atoms with E-state index in [2.05, 4.69) is 5.32 Å². The lowest BCUT2D eigenvalue weighted by atomic mass is 10.0. The fraction of sp³-hybridized carbons (Fsp3) is 0.417. The Hall–Kier alpha value is -1.79. The maximum Gasteiger partial charge on any atom is 0.237 e. The molecule has 0 aromatic heterocycles. The molecule has 0 unspecified atom stereocenters. The minimum absolute atomic E-state index is 0.0526. The van der Waals surface area contributed by atoms with Crippen molar-refractivity contribution in [2.45, 2.75) is 18.5 Å². The average molecular weight is 252 g/mol. The second-order valence-corrected chi connectivity index (χ2v) is 4.38. The van der Waals surface area contributed by atoms with Gasteiger partial charge in [-0.2, -0.15) is 0 Å². The van der Waals surface area contributed by atoms with Crippen LogP contribution >= 0.6 is 0 Å². The van der Waals surface area contributed by atoms with Crippen molar-refractivity contribution < 1.29 is 19.7 Å². The first kappa shape index (κ1) is 12.7. The standard InChI is InChI=1S/C12H16N2O4/c13-9(12(17)14-8-5-18-6-8)3-7-1-2-10(15)11(16)4-7/h1-2,4,8-9,15-16H,3,5-6,13H2,(H,14,17)/t9-/m0/s1. The quantitative estimate of drug-likeness (QED) is 0.540. The number of aromatic hydroxyl groups is 2. The Kier molecular flexibility index (Phi) is 3.69. The van der Waals surface area contributed by atoms with Crippen LogP contribution in [0.25, 0.3) is 0 Å². The number of amides is 1.